The highest BCUT2D eigenvalue weighted by Gasteiger charge is 2.22. The molecule has 0 atom stereocenters. The zero-order valence-electron chi connectivity index (χ0n) is 16.2. The standard InChI is InChI=1S/C21H20N4O3S/c1-3-13-7-5-6-8-15(13)19-16(10-22)20(24)25-21(17(19)11-23)29-12-14(26)9-18(27)28-4-2/h5-8H,3-4,9,12H2,1-2H3,(H2,24,25). The third kappa shape index (κ3) is 5.13. The Kier molecular flexibility index (Phi) is 7.76. The zero-order valence-corrected chi connectivity index (χ0v) is 17.0. The van der Waals surface area contributed by atoms with Crippen molar-refractivity contribution in [1.82, 2.24) is 4.98 Å². The molecule has 0 bridgehead atoms. The number of esters is 1. The van der Waals surface area contributed by atoms with Gasteiger partial charge in [0.1, 0.15) is 35.0 Å². The number of thioether (sulfide) groups is 1. The van der Waals surface area contributed by atoms with Crippen molar-refractivity contribution in [2.75, 3.05) is 18.1 Å². The lowest BCUT2D eigenvalue weighted by molar-refractivity contribution is -0.145. The number of nitrogens with two attached hydrogens (primary N) is 1. The van der Waals surface area contributed by atoms with Crippen LogP contribution < -0.4 is 5.73 Å². The van der Waals surface area contributed by atoms with E-state index in [0.29, 0.717) is 12.0 Å². The number of carbonyl (C=O) groups excluding carboxylic acids is 2. The zero-order chi connectivity index (χ0) is 21.4. The number of benzene rings is 1. The fourth-order valence-electron chi connectivity index (χ4n) is 2.82. The number of nitrogens with zero attached hydrogens (tertiary/aromatic N) is 3. The van der Waals surface area contributed by atoms with Gasteiger partial charge in [0.05, 0.1) is 17.9 Å². The van der Waals surface area contributed by atoms with E-state index in [1.165, 1.54) is 0 Å². The van der Waals surface area contributed by atoms with Gasteiger partial charge in [0.2, 0.25) is 0 Å². The molecular weight excluding hydrogens is 388 g/mol. The summed E-state index contributed by atoms with van der Waals surface area (Å²) in [6, 6.07) is 11.6. The van der Waals surface area contributed by atoms with Gasteiger partial charge in [-0.15, -0.1) is 0 Å². The average Bonchev–Trinajstić information content (AvgIpc) is 2.71. The average molecular weight is 408 g/mol. The minimum atomic E-state index is -0.594. The van der Waals surface area contributed by atoms with E-state index >= 15 is 0 Å². The van der Waals surface area contributed by atoms with E-state index in [1.807, 2.05) is 37.3 Å². The Morgan fingerprint density at radius 1 is 1.17 bits per heavy atom. The van der Waals surface area contributed by atoms with Crippen molar-refractivity contribution in [3.05, 3.63) is 41.0 Å². The predicted molar refractivity (Wildman–Crippen MR) is 110 cm³/mol. The smallest absolute Gasteiger partial charge is 0.313 e. The Labute approximate surface area is 173 Å². The van der Waals surface area contributed by atoms with E-state index in [1.54, 1.807) is 6.92 Å². The van der Waals surface area contributed by atoms with Crippen molar-refractivity contribution < 1.29 is 14.3 Å². The first-order valence-electron chi connectivity index (χ1n) is 8.98. The SMILES string of the molecule is CCOC(=O)CC(=O)CSc1nc(N)c(C#N)c(-c2ccccc2CC)c1C#N. The second-order valence-corrected chi connectivity index (χ2v) is 6.93. The molecule has 0 amide bonds. The summed E-state index contributed by atoms with van der Waals surface area (Å²) in [6.45, 7) is 3.84. The highest BCUT2D eigenvalue weighted by molar-refractivity contribution is 8.00. The molecule has 1 heterocycles. The molecule has 0 aliphatic carbocycles. The van der Waals surface area contributed by atoms with Gasteiger partial charge in [-0.2, -0.15) is 10.5 Å². The number of aryl methyl sites for hydroxylation is 1. The highest BCUT2D eigenvalue weighted by atomic mass is 32.2. The summed E-state index contributed by atoms with van der Waals surface area (Å²) in [7, 11) is 0. The quantitative estimate of drug-likeness (QED) is 0.400. The highest BCUT2D eigenvalue weighted by Crippen LogP contribution is 2.37. The van der Waals surface area contributed by atoms with E-state index in [0.717, 1.165) is 22.9 Å². The van der Waals surface area contributed by atoms with E-state index in [-0.39, 0.29) is 46.5 Å². The number of hydrogen-bond acceptors (Lipinski definition) is 8. The largest absolute Gasteiger partial charge is 0.466 e. The van der Waals surface area contributed by atoms with Gasteiger partial charge in [0.25, 0.3) is 0 Å². The van der Waals surface area contributed by atoms with Crippen molar-refractivity contribution in [2.24, 2.45) is 0 Å². The minimum absolute atomic E-state index is 0.00671. The van der Waals surface area contributed by atoms with Gasteiger partial charge in [0, 0.05) is 5.56 Å². The second-order valence-electron chi connectivity index (χ2n) is 5.97. The number of nitriles is 2. The Morgan fingerprint density at radius 2 is 1.86 bits per heavy atom. The van der Waals surface area contributed by atoms with Crippen LogP contribution in [0.5, 0.6) is 0 Å². The molecule has 2 aromatic rings. The van der Waals surface area contributed by atoms with Crippen molar-refractivity contribution in [3.63, 3.8) is 0 Å². The van der Waals surface area contributed by atoms with E-state index in [9.17, 15) is 20.1 Å². The molecule has 0 fully saturated rings. The molecular formula is C21H20N4O3S. The van der Waals surface area contributed by atoms with Gasteiger partial charge in [0.15, 0.2) is 5.78 Å². The van der Waals surface area contributed by atoms with E-state index in [4.69, 9.17) is 10.5 Å². The molecule has 8 heteroatoms. The van der Waals surface area contributed by atoms with Gasteiger partial charge >= 0.3 is 5.97 Å². The summed E-state index contributed by atoms with van der Waals surface area (Å²) < 4.78 is 4.77. The lowest BCUT2D eigenvalue weighted by atomic mass is 9.92. The van der Waals surface area contributed by atoms with Crippen molar-refractivity contribution in [2.45, 2.75) is 31.7 Å². The van der Waals surface area contributed by atoms with Crippen molar-refractivity contribution >= 4 is 29.3 Å². The number of anilines is 1. The van der Waals surface area contributed by atoms with Crippen LogP contribution in [0.15, 0.2) is 29.3 Å². The van der Waals surface area contributed by atoms with Gasteiger partial charge in [-0.3, -0.25) is 9.59 Å². The summed E-state index contributed by atoms with van der Waals surface area (Å²) >= 11 is 1.02. The molecule has 0 unspecified atom stereocenters. The van der Waals surface area contributed by atoms with Crippen LogP contribution in [0, 0.1) is 22.7 Å². The first-order valence-corrected chi connectivity index (χ1v) is 9.97. The number of carbonyl (C=O) groups is 2. The summed E-state index contributed by atoms with van der Waals surface area (Å²) in [5.41, 5.74) is 8.42. The molecule has 0 spiro atoms. The van der Waals surface area contributed by atoms with Gasteiger partial charge in [-0.1, -0.05) is 43.0 Å². The predicted octanol–water partition coefficient (Wildman–Crippen LogP) is 3.25. The van der Waals surface area contributed by atoms with E-state index < -0.39 is 5.97 Å². The maximum Gasteiger partial charge on any atom is 0.313 e. The molecule has 2 rings (SSSR count). The summed E-state index contributed by atoms with van der Waals surface area (Å²) in [5.74, 6) is -1.02. The normalized spacial score (nSPS) is 10.1. The molecule has 0 aliphatic heterocycles. The van der Waals surface area contributed by atoms with Gasteiger partial charge in [-0.05, 0) is 24.5 Å². The summed E-state index contributed by atoms with van der Waals surface area (Å²) in [6.07, 6.45) is 0.356. The van der Waals surface area contributed by atoms with Crippen molar-refractivity contribution in [3.8, 4) is 23.3 Å². The molecule has 1 aromatic carbocycles. The number of nitrogen functional groups attached to an aromatic ring is 1. The lowest BCUT2D eigenvalue weighted by Crippen LogP contribution is -2.13. The number of Topliss-reactive ketones (excluding diaryl/α,β-unsaturated/α-hetero) is 1. The van der Waals surface area contributed by atoms with Crippen LogP contribution in [0.2, 0.25) is 0 Å². The fraction of sp³-hybridized carbons (Fsp3) is 0.286. The molecule has 1 aromatic heterocycles. The number of ketones is 1. The van der Waals surface area contributed by atoms with Gasteiger partial charge in [-0.25, -0.2) is 4.98 Å². The van der Waals surface area contributed by atoms with Gasteiger partial charge < -0.3 is 10.5 Å². The number of ether oxygens (including phenoxy) is 1. The Hall–Kier alpha value is -3.36. The third-order valence-corrected chi connectivity index (χ3v) is 5.14. The van der Waals surface area contributed by atoms with Crippen LogP contribution in [0.1, 0.15) is 37.0 Å². The number of pyridine rings is 1. The first-order chi connectivity index (χ1) is 14.0. The van der Waals surface area contributed by atoms with Crippen LogP contribution >= 0.6 is 11.8 Å². The van der Waals surface area contributed by atoms with Crippen molar-refractivity contribution in [1.29, 1.82) is 10.5 Å². The lowest BCUT2D eigenvalue weighted by Gasteiger charge is -2.15. The van der Waals surface area contributed by atoms with Crippen LogP contribution in [0.3, 0.4) is 0 Å². The first kappa shape index (κ1) is 21.9. The molecule has 29 heavy (non-hydrogen) atoms. The molecule has 0 radical (unpaired) electrons. The number of aromatic nitrogens is 1. The Morgan fingerprint density at radius 3 is 2.48 bits per heavy atom. The Bertz CT molecular complexity index is 1020. The molecule has 2 N–H and O–H groups in total. The molecule has 0 saturated heterocycles. The van der Waals surface area contributed by atoms with Crippen LogP contribution in [-0.4, -0.2) is 29.1 Å². The summed E-state index contributed by atoms with van der Waals surface area (Å²) in [4.78, 5) is 27.7. The second kappa shape index (κ2) is 10.3. The third-order valence-electron chi connectivity index (χ3n) is 4.10. The monoisotopic (exact) mass is 408 g/mol. The topological polar surface area (TPSA) is 130 Å². The summed E-state index contributed by atoms with van der Waals surface area (Å²) in [5, 5.41) is 19.7. The van der Waals surface area contributed by atoms with E-state index in [2.05, 4.69) is 11.1 Å². The van der Waals surface area contributed by atoms with Crippen LogP contribution in [0.4, 0.5) is 5.82 Å². The Balaban J connectivity index is 2.47. The number of hydrogen-bond donors (Lipinski definition) is 1. The maximum atomic E-state index is 12.0. The fourth-order valence-corrected chi connectivity index (χ4v) is 3.67. The maximum absolute atomic E-state index is 12.0. The molecule has 7 nitrogen and oxygen atoms in total. The minimum Gasteiger partial charge on any atom is -0.466 e. The van der Waals surface area contributed by atoms with Crippen LogP contribution in [0.25, 0.3) is 11.1 Å². The van der Waals surface area contributed by atoms with Crippen LogP contribution in [-0.2, 0) is 20.7 Å². The molecule has 148 valence electrons. The molecule has 0 saturated carbocycles. The number of rotatable bonds is 8. The molecule has 0 aliphatic rings.